The van der Waals surface area contributed by atoms with Crippen LogP contribution in [0.5, 0.6) is 0 Å². The Labute approximate surface area is 174 Å². The Bertz CT molecular complexity index is 253. The van der Waals surface area contributed by atoms with E-state index in [1.165, 1.54) is 90.4 Å². The van der Waals surface area contributed by atoms with Gasteiger partial charge < -0.3 is 10.9 Å². The van der Waals surface area contributed by atoms with E-state index in [0.717, 1.165) is 13.0 Å². The topological polar surface area (TPSA) is 35.5 Å². The fourth-order valence-electron chi connectivity index (χ4n) is 2.75. The Hall–Kier alpha value is 0.430. The van der Waals surface area contributed by atoms with Crippen LogP contribution in [0.2, 0.25) is 0 Å². The number of ether oxygens (including phenoxy) is 2. The Morgan fingerprint density at radius 2 is 1.08 bits per heavy atom. The second-order valence-electron chi connectivity index (χ2n) is 6.55. The molecule has 0 fully saturated rings. The van der Waals surface area contributed by atoms with Gasteiger partial charge in [0, 0.05) is 13.5 Å². The number of hydrogen-bond acceptors (Lipinski definition) is 3. The molecule has 0 amide bonds. The molecule has 0 aromatic heterocycles. The van der Waals surface area contributed by atoms with Crippen molar-refractivity contribution in [1.29, 1.82) is 0 Å². The van der Waals surface area contributed by atoms with Crippen LogP contribution in [0.4, 0.5) is 0 Å². The summed E-state index contributed by atoms with van der Waals surface area (Å²) in [6.07, 6.45) is 19.2. The van der Waals surface area contributed by atoms with Crippen molar-refractivity contribution in [1.82, 2.24) is 0 Å². The fourth-order valence-corrected chi connectivity index (χ4v) is 2.75. The Morgan fingerprint density at radius 1 is 0.667 bits per heavy atom. The first kappa shape index (κ1) is 26.7. The standard InChI is InChI=1S/C20H40O3.Na.H/c1-3-4-5-6-7-8-9-10-11-12-13-14-15-16-17-22-18-19-23-20(2)21;;/h3-19H2,1-2H3;;/q;+1;-1. The summed E-state index contributed by atoms with van der Waals surface area (Å²) in [5, 5.41) is 0. The molecule has 0 saturated carbocycles. The summed E-state index contributed by atoms with van der Waals surface area (Å²) in [6, 6.07) is 0. The number of hydrogen-bond donors (Lipinski definition) is 0. The van der Waals surface area contributed by atoms with E-state index in [0.29, 0.717) is 13.2 Å². The van der Waals surface area contributed by atoms with Crippen LogP contribution in [0.3, 0.4) is 0 Å². The summed E-state index contributed by atoms with van der Waals surface area (Å²) in [4.78, 5) is 10.5. The zero-order valence-electron chi connectivity index (χ0n) is 17.7. The molecule has 0 saturated heterocycles. The van der Waals surface area contributed by atoms with Crippen LogP contribution >= 0.6 is 0 Å². The quantitative estimate of drug-likeness (QED) is 0.216. The minimum atomic E-state index is -0.231. The first-order chi connectivity index (χ1) is 11.3. The third kappa shape index (κ3) is 24.7. The number of rotatable bonds is 18. The van der Waals surface area contributed by atoms with E-state index in [1.807, 2.05) is 0 Å². The molecule has 0 N–H and O–H groups in total. The molecule has 0 spiro atoms. The molecule has 0 radical (unpaired) electrons. The molecule has 4 heteroatoms. The van der Waals surface area contributed by atoms with Crippen molar-refractivity contribution in [3.8, 4) is 0 Å². The maximum atomic E-state index is 10.5. The predicted molar refractivity (Wildman–Crippen MR) is 98.9 cm³/mol. The zero-order chi connectivity index (χ0) is 17.0. The first-order valence-electron chi connectivity index (χ1n) is 9.98. The van der Waals surface area contributed by atoms with Crippen molar-refractivity contribution >= 4 is 5.97 Å². The number of esters is 1. The van der Waals surface area contributed by atoms with Crippen molar-refractivity contribution in [3.63, 3.8) is 0 Å². The van der Waals surface area contributed by atoms with Gasteiger partial charge >= 0.3 is 35.5 Å². The molecule has 140 valence electrons. The van der Waals surface area contributed by atoms with Gasteiger partial charge in [-0.25, -0.2) is 0 Å². The van der Waals surface area contributed by atoms with Gasteiger partial charge in [0.05, 0.1) is 6.61 Å². The summed E-state index contributed by atoms with van der Waals surface area (Å²) in [6.45, 7) is 5.40. The van der Waals surface area contributed by atoms with Crippen molar-refractivity contribution in [3.05, 3.63) is 0 Å². The van der Waals surface area contributed by atoms with E-state index in [2.05, 4.69) is 6.92 Å². The van der Waals surface area contributed by atoms with Crippen LogP contribution in [-0.2, 0) is 14.3 Å². The van der Waals surface area contributed by atoms with E-state index >= 15 is 0 Å². The number of carbonyl (C=O) groups excluding carboxylic acids is 1. The van der Waals surface area contributed by atoms with Crippen LogP contribution in [0.25, 0.3) is 0 Å². The van der Waals surface area contributed by atoms with E-state index < -0.39 is 0 Å². The number of carbonyl (C=O) groups is 1. The molecule has 0 aromatic rings. The molecule has 0 unspecified atom stereocenters. The maximum Gasteiger partial charge on any atom is 1.00 e. The molecule has 0 aliphatic carbocycles. The van der Waals surface area contributed by atoms with Crippen molar-refractivity contribution in [2.75, 3.05) is 19.8 Å². The fraction of sp³-hybridized carbons (Fsp3) is 0.950. The van der Waals surface area contributed by atoms with Gasteiger partial charge in [0.25, 0.3) is 0 Å². The third-order valence-corrected chi connectivity index (χ3v) is 4.18. The van der Waals surface area contributed by atoms with Gasteiger partial charge in [-0.05, 0) is 6.42 Å². The summed E-state index contributed by atoms with van der Waals surface area (Å²) >= 11 is 0. The second-order valence-corrected chi connectivity index (χ2v) is 6.55. The van der Waals surface area contributed by atoms with Gasteiger partial charge in [-0.2, -0.15) is 0 Å². The van der Waals surface area contributed by atoms with E-state index in [4.69, 9.17) is 9.47 Å². The Kier molecular flexibility index (Phi) is 26.0. The maximum absolute atomic E-state index is 10.5. The molecule has 0 aliphatic rings. The largest absolute Gasteiger partial charge is 1.00 e. The van der Waals surface area contributed by atoms with Crippen molar-refractivity contribution < 1.29 is 45.3 Å². The van der Waals surface area contributed by atoms with Gasteiger partial charge in [0.2, 0.25) is 0 Å². The van der Waals surface area contributed by atoms with Gasteiger partial charge in [-0.1, -0.05) is 90.4 Å². The van der Waals surface area contributed by atoms with Crippen molar-refractivity contribution in [2.24, 2.45) is 0 Å². The normalized spacial score (nSPS) is 10.4. The van der Waals surface area contributed by atoms with E-state index in [9.17, 15) is 4.79 Å². The number of unbranched alkanes of at least 4 members (excludes halogenated alkanes) is 13. The molecule has 0 aromatic carbocycles. The summed E-state index contributed by atoms with van der Waals surface area (Å²) < 4.78 is 10.2. The van der Waals surface area contributed by atoms with Gasteiger partial charge in [-0.15, -0.1) is 0 Å². The van der Waals surface area contributed by atoms with Crippen LogP contribution in [0, 0.1) is 0 Å². The smallest absolute Gasteiger partial charge is 1.00 e. The summed E-state index contributed by atoms with van der Waals surface area (Å²) in [5.41, 5.74) is 0. The van der Waals surface area contributed by atoms with Crippen molar-refractivity contribution in [2.45, 2.75) is 104 Å². The molecule has 24 heavy (non-hydrogen) atoms. The SMILES string of the molecule is CCCCCCCCCCCCCCCCOCCOC(C)=O.[H-].[Na+]. The molecule has 0 atom stereocenters. The second kappa shape index (κ2) is 23.4. The van der Waals surface area contributed by atoms with E-state index in [1.54, 1.807) is 0 Å². The van der Waals surface area contributed by atoms with Gasteiger partial charge in [0.15, 0.2) is 0 Å². The van der Waals surface area contributed by atoms with Crippen LogP contribution in [0.15, 0.2) is 0 Å². The zero-order valence-corrected chi connectivity index (χ0v) is 18.7. The van der Waals surface area contributed by atoms with Crippen LogP contribution < -0.4 is 29.6 Å². The van der Waals surface area contributed by atoms with E-state index in [-0.39, 0.29) is 37.0 Å². The average molecular weight is 353 g/mol. The summed E-state index contributed by atoms with van der Waals surface area (Å²) in [5.74, 6) is -0.231. The molecular weight excluding hydrogens is 311 g/mol. The average Bonchev–Trinajstić information content (AvgIpc) is 2.53. The van der Waals surface area contributed by atoms with Gasteiger partial charge in [-0.3, -0.25) is 4.79 Å². The first-order valence-corrected chi connectivity index (χ1v) is 9.98. The molecule has 0 rings (SSSR count). The molecule has 0 aliphatic heterocycles. The van der Waals surface area contributed by atoms with Crippen LogP contribution in [0.1, 0.15) is 105 Å². The monoisotopic (exact) mass is 352 g/mol. The Morgan fingerprint density at radius 3 is 1.50 bits per heavy atom. The predicted octanol–water partition coefficient (Wildman–Crippen LogP) is 3.16. The molecule has 3 nitrogen and oxygen atoms in total. The minimum absolute atomic E-state index is 0. The Balaban J connectivity index is -0.00000242. The van der Waals surface area contributed by atoms with Crippen LogP contribution in [-0.4, -0.2) is 25.8 Å². The van der Waals surface area contributed by atoms with Gasteiger partial charge in [0.1, 0.15) is 6.61 Å². The molecule has 0 heterocycles. The molecule has 0 bridgehead atoms. The minimum Gasteiger partial charge on any atom is -1.00 e. The molecular formula is C20H41NaO3. The summed E-state index contributed by atoms with van der Waals surface area (Å²) in [7, 11) is 0. The third-order valence-electron chi connectivity index (χ3n) is 4.18.